The van der Waals surface area contributed by atoms with Gasteiger partial charge >= 0.3 is 0 Å². The third-order valence-electron chi connectivity index (χ3n) is 1.96. The van der Waals surface area contributed by atoms with Crippen molar-refractivity contribution < 1.29 is 9.15 Å². The van der Waals surface area contributed by atoms with Crippen LogP contribution in [0.2, 0.25) is 5.02 Å². The standard InChI is InChI=1S/C10H9ClN2O2S/c1-14-6-13-10(16)15-9(12-13)7-4-2-3-5-8(7)11/h2-5H,6H2,1H3. The molecule has 0 spiro atoms. The molecule has 0 fully saturated rings. The van der Waals surface area contributed by atoms with Crippen LogP contribution in [0.15, 0.2) is 28.7 Å². The molecule has 1 heterocycles. The zero-order valence-corrected chi connectivity index (χ0v) is 10.1. The lowest BCUT2D eigenvalue weighted by Crippen LogP contribution is -2.01. The van der Waals surface area contributed by atoms with Crippen molar-refractivity contribution in [1.82, 2.24) is 9.78 Å². The van der Waals surface area contributed by atoms with Crippen molar-refractivity contribution in [2.45, 2.75) is 6.73 Å². The Labute approximate surface area is 102 Å². The molecule has 2 rings (SSSR count). The maximum atomic E-state index is 6.02. The minimum absolute atomic E-state index is 0.257. The van der Waals surface area contributed by atoms with Crippen LogP contribution in [0.25, 0.3) is 11.5 Å². The Kier molecular flexibility index (Phi) is 3.38. The van der Waals surface area contributed by atoms with Crippen LogP contribution >= 0.6 is 23.8 Å². The van der Waals surface area contributed by atoms with Gasteiger partial charge in [-0.25, -0.2) is 0 Å². The highest BCUT2D eigenvalue weighted by atomic mass is 35.5. The predicted octanol–water partition coefficient (Wildman–Crippen LogP) is 3.13. The number of hydrogen-bond acceptors (Lipinski definition) is 4. The first-order valence-electron chi connectivity index (χ1n) is 4.54. The van der Waals surface area contributed by atoms with E-state index in [1.807, 2.05) is 18.2 Å². The number of aromatic nitrogens is 2. The van der Waals surface area contributed by atoms with E-state index in [1.165, 1.54) is 4.68 Å². The van der Waals surface area contributed by atoms with E-state index in [0.29, 0.717) is 16.5 Å². The van der Waals surface area contributed by atoms with Crippen LogP contribution in [0, 0.1) is 4.84 Å². The van der Waals surface area contributed by atoms with Crippen LogP contribution in [0.3, 0.4) is 0 Å². The van der Waals surface area contributed by atoms with Gasteiger partial charge in [0.05, 0.1) is 10.6 Å². The maximum absolute atomic E-state index is 6.02. The maximum Gasteiger partial charge on any atom is 0.289 e. The summed E-state index contributed by atoms with van der Waals surface area (Å²) < 4.78 is 11.7. The van der Waals surface area contributed by atoms with Crippen molar-refractivity contribution in [2.75, 3.05) is 7.11 Å². The largest absolute Gasteiger partial charge is 0.409 e. The molecule has 0 atom stereocenters. The number of halogens is 1. The summed E-state index contributed by atoms with van der Waals surface area (Å²) in [5.74, 6) is 0.396. The van der Waals surface area contributed by atoms with E-state index < -0.39 is 0 Å². The van der Waals surface area contributed by atoms with Gasteiger partial charge in [0.25, 0.3) is 4.84 Å². The quantitative estimate of drug-likeness (QED) is 0.791. The van der Waals surface area contributed by atoms with Crippen molar-refractivity contribution >= 4 is 23.8 Å². The second kappa shape index (κ2) is 4.78. The van der Waals surface area contributed by atoms with Gasteiger partial charge in [-0.1, -0.05) is 23.7 Å². The molecule has 1 aromatic carbocycles. The van der Waals surface area contributed by atoms with E-state index in [2.05, 4.69) is 5.10 Å². The zero-order chi connectivity index (χ0) is 11.5. The molecule has 0 aliphatic heterocycles. The van der Waals surface area contributed by atoms with Gasteiger partial charge in [-0.05, 0) is 24.4 Å². The molecule has 0 amide bonds. The second-order valence-corrected chi connectivity index (χ2v) is 3.83. The highest BCUT2D eigenvalue weighted by Crippen LogP contribution is 2.26. The SMILES string of the molecule is COCn1nc(-c2ccccc2Cl)oc1=S. The summed E-state index contributed by atoms with van der Waals surface area (Å²) in [6, 6.07) is 7.28. The monoisotopic (exact) mass is 256 g/mol. The van der Waals surface area contributed by atoms with Gasteiger partial charge in [-0.2, -0.15) is 4.68 Å². The van der Waals surface area contributed by atoms with Crippen molar-refractivity contribution in [2.24, 2.45) is 0 Å². The Hall–Kier alpha value is -1.17. The van der Waals surface area contributed by atoms with Gasteiger partial charge < -0.3 is 9.15 Å². The molecule has 0 aliphatic rings. The smallest absolute Gasteiger partial charge is 0.289 e. The molecular formula is C10H9ClN2O2S. The normalized spacial score (nSPS) is 10.6. The number of ether oxygens (including phenoxy) is 1. The topological polar surface area (TPSA) is 40.2 Å². The minimum atomic E-state index is 0.257. The average Bonchev–Trinajstić information content (AvgIpc) is 2.61. The first-order chi connectivity index (χ1) is 7.72. The molecule has 0 aliphatic carbocycles. The molecule has 2 aromatic rings. The van der Waals surface area contributed by atoms with E-state index in [4.69, 9.17) is 33.0 Å². The third-order valence-corrected chi connectivity index (χ3v) is 2.59. The van der Waals surface area contributed by atoms with E-state index in [9.17, 15) is 0 Å². The van der Waals surface area contributed by atoms with Crippen molar-refractivity contribution in [3.63, 3.8) is 0 Å². The average molecular weight is 257 g/mol. The second-order valence-electron chi connectivity index (χ2n) is 3.07. The zero-order valence-electron chi connectivity index (χ0n) is 8.51. The summed E-state index contributed by atoms with van der Waals surface area (Å²) in [5.41, 5.74) is 0.713. The fourth-order valence-corrected chi connectivity index (χ4v) is 1.64. The highest BCUT2D eigenvalue weighted by molar-refractivity contribution is 7.71. The van der Waals surface area contributed by atoms with Crippen LogP contribution < -0.4 is 0 Å². The van der Waals surface area contributed by atoms with Crippen LogP contribution in [-0.4, -0.2) is 16.9 Å². The molecule has 0 saturated heterocycles. The first kappa shape index (κ1) is 11.3. The van der Waals surface area contributed by atoms with Crippen molar-refractivity contribution in [3.05, 3.63) is 34.1 Å². The number of rotatable bonds is 3. The lowest BCUT2D eigenvalue weighted by molar-refractivity contribution is 0.117. The Balaban J connectivity index is 2.46. The molecule has 0 bridgehead atoms. The van der Waals surface area contributed by atoms with Gasteiger partial charge in [0, 0.05) is 7.11 Å². The van der Waals surface area contributed by atoms with Crippen LogP contribution in [-0.2, 0) is 11.5 Å². The minimum Gasteiger partial charge on any atom is -0.409 e. The van der Waals surface area contributed by atoms with E-state index in [1.54, 1.807) is 13.2 Å². The molecule has 0 unspecified atom stereocenters. The Morgan fingerprint density at radius 2 is 2.25 bits per heavy atom. The molecule has 16 heavy (non-hydrogen) atoms. The summed E-state index contributed by atoms with van der Waals surface area (Å²) in [5, 5.41) is 4.74. The molecule has 1 aromatic heterocycles. The van der Waals surface area contributed by atoms with E-state index in [-0.39, 0.29) is 11.6 Å². The molecule has 4 nitrogen and oxygen atoms in total. The molecule has 0 saturated carbocycles. The number of hydrogen-bond donors (Lipinski definition) is 0. The van der Waals surface area contributed by atoms with Crippen LogP contribution in [0.4, 0.5) is 0 Å². The molecule has 0 radical (unpaired) electrons. The van der Waals surface area contributed by atoms with E-state index >= 15 is 0 Å². The molecule has 0 N–H and O–H groups in total. The molecule has 84 valence electrons. The van der Waals surface area contributed by atoms with Crippen LogP contribution in [0.1, 0.15) is 0 Å². The summed E-state index contributed by atoms with van der Waals surface area (Å²) in [6.07, 6.45) is 0. The van der Waals surface area contributed by atoms with Crippen molar-refractivity contribution in [1.29, 1.82) is 0 Å². The summed E-state index contributed by atoms with van der Waals surface area (Å²) in [4.78, 5) is 0.261. The first-order valence-corrected chi connectivity index (χ1v) is 5.33. The van der Waals surface area contributed by atoms with Crippen LogP contribution in [0.5, 0.6) is 0 Å². The van der Waals surface area contributed by atoms with Gasteiger partial charge in [0.2, 0.25) is 5.89 Å². The van der Waals surface area contributed by atoms with Gasteiger partial charge in [-0.15, -0.1) is 5.10 Å². The van der Waals surface area contributed by atoms with Crippen molar-refractivity contribution in [3.8, 4) is 11.5 Å². The third kappa shape index (κ3) is 2.16. The van der Waals surface area contributed by atoms with Gasteiger partial charge in [-0.3, -0.25) is 0 Å². The highest BCUT2D eigenvalue weighted by Gasteiger charge is 2.10. The number of methoxy groups -OCH3 is 1. The summed E-state index contributed by atoms with van der Waals surface area (Å²) >= 11 is 11.0. The predicted molar refractivity (Wildman–Crippen MR) is 62.8 cm³/mol. The number of nitrogens with zero attached hydrogens (tertiary/aromatic N) is 2. The Morgan fingerprint density at radius 1 is 1.50 bits per heavy atom. The Morgan fingerprint density at radius 3 is 2.94 bits per heavy atom. The fraction of sp³-hybridized carbons (Fsp3) is 0.200. The molecular weight excluding hydrogens is 248 g/mol. The summed E-state index contributed by atoms with van der Waals surface area (Å²) in [7, 11) is 1.56. The van der Waals surface area contributed by atoms with Gasteiger partial charge in [0.15, 0.2) is 0 Å². The Bertz CT molecular complexity index is 550. The summed E-state index contributed by atoms with van der Waals surface area (Å²) in [6.45, 7) is 0.257. The van der Waals surface area contributed by atoms with Gasteiger partial charge in [0.1, 0.15) is 6.73 Å². The lowest BCUT2D eigenvalue weighted by Gasteiger charge is -1.97. The lowest BCUT2D eigenvalue weighted by atomic mass is 10.2. The number of benzene rings is 1. The molecule has 6 heteroatoms. The fourth-order valence-electron chi connectivity index (χ4n) is 1.25. The van der Waals surface area contributed by atoms with E-state index in [0.717, 1.165) is 0 Å².